The fraction of sp³-hybridized carbons (Fsp3) is 0.550. The molecule has 4 aliphatic carbocycles. The second-order valence-corrected chi connectivity index (χ2v) is 7.65. The first kappa shape index (κ1) is 14.8. The summed E-state index contributed by atoms with van der Waals surface area (Å²) in [6.07, 6.45) is 10.1. The second kappa shape index (κ2) is 5.40. The van der Waals surface area contributed by atoms with Crippen molar-refractivity contribution >= 4 is 11.5 Å². The summed E-state index contributed by atoms with van der Waals surface area (Å²) in [6.45, 7) is 2.40. The van der Waals surface area contributed by atoms with Crippen molar-refractivity contribution in [1.29, 1.82) is 0 Å². The number of esters is 1. The highest BCUT2D eigenvalue weighted by atomic mass is 16.5. The third-order valence-corrected chi connectivity index (χ3v) is 6.24. The van der Waals surface area contributed by atoms with Crippen molar-refractivity contribution in [2.75, 3.05) is 6.61 Å². The summed E-state index contributed by atoms with van der Waals surface area (Å²) in [7, 11) is 0. The van der Waals surface area contributed by atoms with Crippen LogP contribution in [0.1, 0.15) is 55.2 Å². The monoisotopic (exact) mass is 312 g/mol. The van der Waals surface area contributed by atoms with Gasteiger partial charge >= 0.3 is 5.97 Å². The molecule has 1 N–H and O–H groups in total. The second-order valence-electron chi connectivity index (χ2n) is 7.65. The molecule has 2 bridgehead atoms. The first-order valence-electron chi connectivity index (χ1n) is 8.77. The van der Waals surface area contributed by atoms with Crippen molar-refractivity contribution in [1.82, 2.24) is 0 Å². The van der Waals surface area contributed by atoms with Gasteiger partial charge < -0.3 is 9.84 Å². The maximum absolute atomic E-state index is 12.6. The van der Waals surface area contributed by atoms with Gasteiger partial charge in [-0.05, 0) is 68.9 Å². The third kappa shape index (κ3) is 2.46. The molecule has 3 fully saturated rings. The Bertz CT molecular complexity index is 665. The molecule has 4 aliphatic rings. The summed E-state index contributed by atoms with van der Waals surface area (Å²) in [5.41, 5.74) is 3.26. The molecule has 5 rings (SSSR count). The number of aromatic hydroxyl groups is 1. The highest BCUT2D eigenvalue weighted by Crippen LogP contribution is 2.50. The van der Waals surface area contributed by atoms with Crippen molar-refractivity contribution in [2.24, 2.45) is 11.3 Å². The van der Waals surface area contributed by atoms with Crippen LogP contribution in [-0.2, 0) is 16.0 Å². The number of allylic oxidation sites excluding steroid dienone is 1. The molecule has 0 saturated heterocycles. The standard InChI is InChI=1S/C20H24O3/c1-13-2-3-15-4-5-16(17(15)18(13)21)19(22)23-12-20-9-6-14(7-10-20)8-11-20/h2-3,5,14,21H,4,6-12H2,1H3. The van der Waals surface area contributed by atoms with E-state index in [-0.39, 0.29) is 17.1 Å². The van der Waals surface area contributed by atoms with Crippen LogP contribution >= 0.6 is 0 Å². The van der Waals surface area contributed by atoms with Crippen molar-refractivity contribution in [3.63, 3.8) is 0 Å². The number of carbonyl (C=O) groups is 1. The Kier molecular flexibility index (Phi) is 3.47. The first-order valence-corrected chi connectivity index (χ1v) is 8.77. The van der Waals surface area contributed by atoms with Gasteiger partial charge in [0, 0.05) is 11.0 Å². The van der Waals surface area contributed by atoms with Gasteiger partial charge in [0.15, 0.2) is 0 Å². The number of hydrogen-bond acceptors (Lipinski definition) is 3. The lowest BCUT2D eigenvalue weighted by molar-refractivity contribution is -0.142. The van der Waals surface area contributed by atoms with Crippen LogP contribution in [0.4, 0.5) is 0 Å². The van der Waals surface area contributed by atoms with Gasteiger partial charge in [-0.25, -0.2) is 4.79 Å². The van der Waals surface area contributed by atoms with Crippen LogP contribution < -0.4 is 0 Å². The smallest absolute Gasteiger partial charge is 0.338 e. The largest absolute Gasteiger partial charge is 0.507 e. The Morgan fingerprint density at radius 2 is 1.96 bits per heavy atom. The molecule has 3 nitrogen and oxygen atoms in total. The number of rotatable bonds is 3. The minimum Gasteiger partial charge on any atom is -0.507 e. The fourth-order valence-electron chi connectivity index (χ4n) is 4.56. The lowest BCUT2D eigenvalue weighted by Crippen LogP contribution is -2.38. The number of phenols is 1. The summed E-state index contributed by atoms with van der Waals surface area (Å²) in [5.74, 6) is 0.864. The molecular formula is C20H24O3. The predicted octanol–water partition coefficient (Wildman–Crippen LogP) is 4.15. The normalized spacial score (nSPS) is 28.4. The lowest BCUT2D eigenvalue weighted by atomic mass is 9.61. The summed E-state index contributed by atoms with van der Waals surface area (Å²) in [4.78, 5) is 12.6. The fourth-order valence-corrected chi connectivity index (χ4v) is 4.56. The zero-order chi connectivity index (χ0) is 16.0. The lowest BCUT2D eigenvalue weighted by Gasteiger charge is -2.46. The maximum atomic E-state index is 12.6. The SMILES string of the molecule is Cc1ccc2c(c1O)C(C(=O)OCC13CCC(CC1)CC3)=CC2. The van der Waals surface area contributed by atoms with E-state index < -0.39 is 0 Å². The van der Waals surface area contributed by atoms with Crippen LogP contribution in [0.15, 0.2) is 18.2 Å². The van der Waals surface area contributed by atoms with Gasteiger partial charge in [0.05, 0.1) is 12.2 Å². The predicted molar refractivity (Wildman–Crippen MR) is 89.1 cm³/mol. The van der Waals surface area contributed by atoms with E-state index in [9.17, 15) is 9.90 Å². The van der Waals surface area contributed by atoms with Gasteiger partial charge in [-0.15, -0.1) is 0 Å². The molecule has 122 valence electrons. The van der Waals surface area contributed by atoms with E-state index in [1.54, 1.807) is 0 Å². The average molecular weight is 312 g/mol. The van der Waals surface area contributed by atoms with Crippen molar-refractivity contribution in [2.45, 2.75) is 51.9 Å². The molecule has 0 atom stereocenters. The molecule has 0 heterocycles. The molecule has 0 aliphatic heterocycles. The van der Waals surface area contributed by atoms with Crippen LogP contribution in [0.25, 0.3) is 5.57 Å². The zero-order valence-electron chi connectivity index (χ0n) is 13.7. The summed E-state index contributed by atoms with van der Waals surface area (Å²) >= 11 is 0. The molecular weight excluding hydrogens is 288 g/mol. The number of hydrogen-bond donors (Lipinski definition) is 1. The molecule has 1 aromatic carbocycles. The summed E-state index contributed by atoms with van der Waals surface area (Å²) in [5, 5.41) is 10.3. The van der Waals surface area contributed by atoms with Crippen LogP contribution in [0, 0.1) is 18.3 Å². The van der Waals surface area contributed by atoms with Gasteiger partial charge in [-0.1, -0.05) is 18.2 Å². The molecule has 0 amide bonds. The molecule has 1 aromatic rings. The Morgan fingerprint density at radius 1 is 1.26 bits per heavy atom. The van der Waals surface area contributed by atoms with Gasteiger partial charge in [0.1, 0.15) is 5.75 Å². The number of ether oxygens (including phenoxy) is 1. The van der Waals surface area contributed by atoms with Gasteiger partial charge in [0.25, 0.3) is 0 Å². The topological polar surface area (TPSA) is 46.5 Å². The van der Waals surface area contributed by atoms with Gasteiger partial charge in [-0.2, -0.15) is 0 Å². The number of benzene rings is 1. The highest BCUT2D eigenvalue weighted by Gasteiger charge is 2.41. The molecule has 23 heavy (non-hydrogen) atoms. The quantitative estimate of drug-likeness (QED) is 0.853. The number of carbonyl (C=O) groups excluding carboxylic acids is 1. The minimum atomic E-state index is -0.272. The molecule has 0 aromatic heterocycles. The van der Waals surface area contributed by atoms with E-state index in [2.05, 4.69) is 0 Å². The Hall–Kier alpha value is -1.77. The van der Waals surface area contributed by atoms with Gasteiger partial charge in [0.2, 0.25) is 0 Å². The van der Waals surface area contributed by atoms with E-state index in [0.717, 1.165) is 17.0 Å². The first-order chi connectivity index (χ1) is 11.1. The number of aryl methyl sites for hydroxylation is 1. The summed E-state index contributed by atoms with van der Waals surface area (Å²) in [6, 6.07) is 3.89. The Labute approximate surface area is 137 Å². The van der Waals surface area contributed by atoms with Crippen LogP contribution in [0.2, 0.25) is 0 Å². The van der Waals surface area contributed by atoms with Crippen LogP contribution in [0.3, 0.4) is 0 Å². The molecule has 0 spiro atoms. The van der Waals surface area contributed by atoms with E-state index in [1.165, 1.54) is 38.5 Å². The third-order valence-electron chi connectivity index (χ3n) is 6.24. The van der Waals surface area contributed by atoms with Gasteiger partial charge in [-0.3, -0.25) is 0 Å². The Balaban J connectivity index is 1.48. The summed E-state index contributed by atoms with van der Waals surface area (Å²) < 4.78 is 5.72. The van der Waals surface area contributed by atoms with Crippen LogP contribution in [0.5, 0.6) is 5.75 Å². The van der Waals surface area contributed by atoms with Crippen molar-refractivity contribution < 1.29 is 14.6 Å². The van der Waals surface area contributed by atoms with E-state index in [0.29, 0.717) is 24.2 Å². The van der Waals surface area contributed by atoms with Crippen LogP contribution in [-0.4, -0.2) is 17.7 Å². The molecule has 3 saturated carbocycles. The number of fused-ring (bicyclic) bond motifs is 4. The average Bonchev–Trinajstić information content (AvgIpc) is 3.03. The maximum Gasteiger partial charge on any atom is 0.338 e. The molecule has 0 radical (unpaired) electrons. The van der Waals surface area contributed by atoms with E-state index in [4.69, 9.17) is 4.74 Å². The highest BCUT2D eigenvalue weighted by molar-refractivity contribution is 6.19. The Morgan fingerprint density at radius 3 is 2.65 bits per heavy atom. The van der Waals surface area contributed by atoms with E-state index >= 15 is 0 Å². The molecule has 0 unspecified atom stereocenters. The van der Waals surface area contributed by atoms with E-state index in [1.807, 2.05) is 25.1 Å². The number of phenolic OH excluding ortho intramolecular Hbond substituents is 1. The van der Waals surface area contributed by atoms with Crippen molar-refractivity contribution in [3.05, 3.63) is 34.9 Å². The zero-order valence-corrected chi connectivity index (χ0v) is 13.7. The minimum absolute atomic E-state index is 0.222. The molecule has 3 heteroatoms. The van der Waals surface area contributed by atoms with Crippen molar-refractivity contribution in [3.8, 4) is 5.75 Å².